The molecular weight excluding hydrogens is 260 g/mol. The van der Waals surface area contributed by atoms with Crippen LogP contribution in [0.3, 0.4) is 0 Å². The number of halogens is 1. The van der Waals surface area contributed by atoms with Gasteiger partial charge in [-0.2, -0.15) is 5.10 Å². The van der Waals surface area contributed by atoms with Crippen molar-refractivity contribution in [1.82, 2.24) is 19.3 Å². The van der Waals surface area contributed by atoms with Gasteiger partial charge in [-0.1, -0.05) is 18.2 Å². The Morgan fingerprint density at radius 1 is 1.21 bits per heavy atom. The van der Waals surface area contributed by atoms with E-state index in [4.69, 9.17) is 11.6 Å². The van der Waals surface area contributed by atoms with Gasteiger partial charge in [0.1, 0.15) is 11.3 Å². The molecule has 5 heteroatoms. The summed E-state index contributed by atoms with van der Waals surface area (Å²) in [6.45, 7) is 4.87. The molecule has 2 heterocycles. The summed E-state index contributed by atoms with van der Waals surface area (Å²) in [5.74, 6) is 1.23. The van der Waals surface area contributed by atoms with Crippen LogP contribution in [0.15, 0.2) is 30.3 Å². The number of aromatic nitrogens is 4. The number of hydrogen-bond acceptors (Lipinski definition) is 2. The number of imidazole rings is 1. The van der Waals surface area contributed by atoms with Crippen molar-refractivity contribution in [3.05, 3.63) is 41.9 Å². The highest BCUT2D eigenvalue weighted by molar-refractivity contribution is 6.17. The summed E-state index contributed by atoms with van der Waals surface area (Å²) in [6, 6.07) is 10.1. The molecule has 98 valence electrons. The Morgan fingerprint density at radius 2 is 1.95 bits per heavy atom. The number of para-hydroxylation sites is 1. The molecule has 3 aromatic rings. The van der Waals surface area contributed by atoms with E-state index >= 15 is 0 Å². The molecule has 0 aliphatic rings. The lowest BCUT2D eigenvalue weighted by Gasteiger charge is -2.08. The number of alkyl halides is 1. The Labute approximate surface area is 116 Å². The van der Waals surface area contributed by atoms with E-state index in [9.17, 15) is 0 Å². The molecule has 0 radical (unpaired) electrons. The minimum absolute atomic E-state index is 0.382. The fraction of sp³-hybridized carbons (Fsp3) is 0.286. The molecule has 0 saturated carbocycles. The molecule has 0 saturated heterocycles. The van der Waals surface area contributed by atoms with Gasteiger partial charge in [-0.15, -0.1) is 11.6 Å². The normalized spacial score (nSPS) is 11.3. The van der Waals surface area contributed by atoms with Crippen LogP contribution in [-0.4, -0.2) is 19.3 Å². The van der Waals surface area contributed by atoms with Crippen LogP contribution in [0.4, 0.5) is 0 Å². The van der Waals surface area contributed by atoms with Crippen LogP contribution in [0.2, 0.25) is 0 Å². The van der Waals surface area contributed by atoms with Crippen molar-refractivity contribution >= 4 is 22.8 Å². The van der Waals surface area contributed by atoms with Crippen molar-refractivity contribution in [1.29, 1.82) is 0 Å². The summed E-state index contributed by atoms with van der Waals surface area (Å²) in [4.78, 5) is 4.62. The number of benzene rings is 1. The molecule has 0 aliphatic heterocycles. The first-order valence-electron chi connectivity index (χ1n) is 6.32. The summed E-state index contributed by atoms with van der Waals surface area (Å²) < 4.78 is 4.06. The van der Waals surface area contributed by atoms with Gasteiger partial charge in [0.25, 0.3) is 0 Å². The Hall–Kier alpha value is -1.81. The van der Waals surface area contributed by atoms with E-state index in [-0.39, 0.29) is 0 Å². The molecule has 0 spiro atoms. The number of hydrogen-bond donors (Lipinski definition) is 0. The van der Waals surface area contributed by atoms with Crippen LogP contribution in [0.5, 0.6) is 0 Å². The smallest absolute Gasteiger partial charge is 0.163 e. The minimum atomic E-state index is 0.382. The van der Waals surface area contributed by atoms with Crippen LogP contribution in [0.25, 0.3) is 16.9 Å². The number of rotatable bonds is 3. The molecule has 2 aromatic heterocycles. The molecule has 19 heavy (non-hydrogen) atoms. The van der Waals surface area contributed by atoms with Crippen molar-refractivity contribution in [3.8, 4) is 5.69 Å². The van der Waals surface area contributed by atoms with Crippen molar-refractivity contribution in [2.24, 2.45) is 0 Å². The second-order valence-corrected chi connectivity index (χ2v) is 4.67. The fourth-order valence-electron chi connectivity index (χ4n) is 2.37. The lowest BCUT2D eigenvalue weighted by atomic mass is 10.3. The Balaban J connectivity index is 2.38. The van der Waals surface area contributed by atoms with Gasteiger partial charge < -0.3 is 0 Å². The zero-order chi connectivity index (χ0) is 13.4. The summed E-state index contributed by atoms with van der Waals surface area (Å²) in [6.07, 6.45) is 0. The predicted molar refractivity (Wildman–Crippen MR) is 76.8 cm³/mol. The second-order valence-electron chi connectivity index (χ2n) is 4.41. The van der Waals surface area contributed by atoms with E-state index in [1.54, 1.807) is 0 Å². The Kier molecular flexibility index (Phi) is 3.03. The molecule has 0 fully saturated rings. The highest BCUT2D eigenvalue weighted by Gasteiger charge is 2.18. The van der Waals surface area contributed by atoms with Gasteiger partial charge in [0.2, 0.25) is 0 Å². The van der Waals surface area contributed by atoms with Gasteiger partial charge >= 0.3 is 0 Å². The molecule has 0 aliphatic carbocycles. The lowest BCUT2D eigenvalue weighted by molar-refractivity contribution is 0.660. The van der Waals surface area contributed by atoms with Crippen molar-refractivity contribution in [3.63, 3.8) is 0 Å². The molecule has 0 N–H and O–H groups in total. The maximum absolute atomic E-state index is 6.05. The molecular formula is C14H15ClN4. The van der Waals surface area contributed by atoms with Gasteiger partial charge in [0, 0.05) is 12.2 Å². The van der Waals surface area contributed by atoms with Gasteiger partial charge in [0.15, 0.2) is 5.65 Å². The minimum Gasteiger partial charge on any atom is -0.280 e. The predicted octanol–water partition coefficient (Wildman–Crippen LogP) is 3.29. The van der Waals surface area contributed by atoms with Gasteiger partial charge in [-0.25, -0.2) is 9.67 Å². The quantitative estimate of drug-likeness (QED) is 0.687. The Morgan fingerprint density at radius 3 is 2.58 bits per heavy atom. The summed E-state index contributed by atoms with van der Waals surface area (Å²) in [7, 11) is 0. The molecule has 3 rings (SSSR count). The van der Waals surface area contributed by atoms with E-state index in [1.807, 2.05) is 29.8 Å². The number of fused-ring (bicyclic) bond motifs is 1. The van der Waals surface area contributed by atoms with E-state index in [1.165, 1.54) is 0 Å². The summed E-state index contributed by atoms with van der Waals surface area (Å²) in [5.41, 5.74) is 3.95. The van der Waals surface area contributed by atoms with Crippen LogP contribution < -0.4 is 0 Å². The third-order valence-electron chi connectivity index (χ3n) is 3.21. The zero-order valence-corrected chi connectivity index (χ0v) is 11.7. The average molecular weight is 275 g/mol. The molecule has 0 atom stereocenters. The second kappa shape index (κ2) is 4.70. The van der Waals surface area contributed by atoms with Crippen molar-refractivity contribution in [2.45, 2.75) is 26.3 Å². The van der Waals surface area contributed by atoms with E-state index in [2.05, 4.69) is 33.7 Å². The number of aryl methyl sites for hydroxylation is 2. The highest BCUT2D eigenvalue weighted by atomic mass is 35.5. The van der Waals surface area contributed by atoms with E-state index < -0.39 is 0 Å². The van der Waals surface area contributed by atoms with Gasteiger partial charge in [-0.3, -0.25) is 4.57 Å². The lowest BCUT2D eigenvalue weighted by Crippen LogP contribution is -2.06. The molecule has 4 nitrogen and oxygen atoms in total. The monoisotopic (exact) mass is 274 g/mol. The highest BCUT2D eigenvalue weighted by Crippen LogP contribution is 2.24. The summed E-state index contributed by atoms with van der Waals surface area (Å²) >= 11 is 6.05. The van der Waals surface area contributed by atoms with Crippen LogP contribution in [0, 0.1) is 6.92 Å². The standard InChI is InChI=1S/C14H15ClN4/c1-3-18-14-13(10(2)17-18)16-12(9-15)19(14)11-7-5-4-6-8-11/h4-8H,3,9H2,1-2H3. The molecule has 0 bridgehead atoms. The first-order chi connectivity index (χ1) is 9.26. The number of nitrogens with zero attached hydrogens (tertiary/aromatic N) is 4. The summed E-state index contributed by atoms with van der Waals surface area (Å²) in [5, 5.41) is 4.52. The zero-order valence-electron chi connectivity index (χ0n) is 11.0. The van der Waals surface area contributed by atoms with Crippen LogP contribution >= 0.6 is 11.6 Å². The SMILES string of the molecule is CCn1nc(C)c2nc(CCl)n(-c3ccccc3)c21. The van der Waals surface area contributed by atoms with E-state index in [0.29, 0.717) is 5.88 Å². The van der Waals surface area contributed by atoms with Crippen LogP contribution in [0.1, 0.15) is 18.4 Å². The van der Waals surface area contributed by atoms with Crippen molar-refractivity contribution < 1.29 is 0 Å². The average Bonchev–Trinajstić information content (AvgIpc) is 2.97. The molecule has 0 unspecified atom stereocenters. The Bertz CT molecular complexity index is 712. The molecule has 0 amide bonds. The first-order valence-corrected chi connectivity index (χ1v) is 6.85. The maximum Gasteiger partial charge on any atom is 0.163 e. The topological polar surface area (TPSA) is 35.6 Å². The van der Waals surface area contributed by atoms with Crippen LogP contribution in [-0.2, 0) is 12.4 Å². The third kappa shape index (κ3) is 1.83. The van der Waals surface area contributed by atoms with Gasteiger partial charge in [0.05, 0.1) is 11.6 Å². The largest absolute Gasteiger partial charge is 0.280 e. The maximum atomic E-state index is 6.05. The van der Waals surface area contributed by atoms with Gasteiger partial charge in [-0.05, 0) is 26.0 Å². The van der Waals surface area contributed by atoms with Crippen molar-refractivity contribution in [2.75, 3.05) is 0 Å². The third-order valence-corrected chi connectivity index (χ3v) is 3.45. The molecule has 1 aromatic carbocycles. The van der Waals surface area contributed by atoms with E-state index in [0.717, 1.165) is 34.9 Å². The fourth-order valence-corrected chi connectivity index (χ4v) is 2.55. The first kappa shape index (κ1) is 12.2.